The summed E-state index contributed by atoms with van der Waals surface area (Å²) >= 11 is 0. The van der Waals surface area contributed by atoms with E-state index in [1.165, 1.54) is 0 Å². The van der Waals surface area contributed by atoms with Crippen LogP contribution in [0.3, 0.4) is 0 Å². The molecule has 6 heteroatoms. The Labute approximate surface area is 149 Å². The van der Waals surface area contributed by atoms with E-state index in [0.717, 1.165) is 18.4 Å². The molecule has 0 aliphatic carbocycles. The zero-order valence-electron chi connectivity index (χ0n) is 15.4. The molecule has 0 aliphatic rings. The molecule has 1 rings (SSSR count). The van der Waals surface area contributed by atoms with E-state index in [0.29, 0.717) is 24.1 Å². The standard InChI is InChI=1S/C19H28N2O4/c1-5-6-7-16(19(24)25)21-18(23)14-8-9-15(13(4)11-14)20-17(22)10-12(2)3/h8-9,11-12,16H,5-7,10H2,1-4H3,(H,20,22)(H,21,23)(H,24,25). The van der Waals surface area contributed by atoms with Crippen LogP contribution in [0.4, 0.5) is 5.69 Å². The van der Waals surface area contributed by atoms with Crippen molar-refractivity contribution in [2.24, 2.45) is 5.92 Å². The van der Waals surface area contributed by atoms with Gasteiger partial charge in [0.25, 0.3) is 5.91 Å². The quantitative estimate of drug-likeness (QED) is 0.638. The number of aryl methyl sites for hydroxylation is 1. The first-order chi connectivity index (χ1) is 11.7. The topological polar surface area (TPSA) is 95.5 Å². The molecule has 0 fully saturated rings. The lowest BCUT2D eigenvalue weighted by molar-refractivity contribution is -0.139. The number of carboxylic acid groups (broad SMARTS) is 1. The van der Waals surface area contributed by atoms with Crippen molar-refractivity contribution >= 4 is 23.5 Å². The van der Waals surface area contributed by atoms with E-state index in [2.05, 4.69) is 10.6 Å². The Kier molecular flexibility index (Phi) is 8.11. The van der Waals surface area contributed by atoms with Gasteiger partial charge in [0.2, 0.25) is 5.91 Å². The van der Waals surface area contributed by atoms with Gasteiger partial charge in [-0.05, 0) is 43.0 Å². The van der Waals surface area contributed by atoms with Crippen molar-refractivity contribution in [3.63, 3.8) is 0 Å². The molecule has 138 valence electrons. The number of carbonyl (C=O) groups excluding carboxylic acids is 2. The molecule has 0 radical (unpaired) electrons. The third-order valence-corrected chi connectivity index (χ3v) is 3.81. The van der Waals surface area contributed by atoms with Crippen molar-refractivity contribution in [3.05, 3.63) is 29.3 Å². The van der Waals surface area contributed by atoms with E-state index in [1.54, 1.807) is 25.1 Å². The predicted molar refractivity (Wildman–Crippen MR) is 97.7 cm³/mol. The average molecular weight is 348 g/mol. The minimum absolute atomic E-state index is 0.0687. The van der Waals surface area contributed by atoms with Gasteiger partial charge in [-0.2, -0.15) is 0 Å². The second kappa shape index (κ2) is 9.81. The number of aliphatic carboxylic acids is 1. The number of rotatable bonds is 9. The number of carboxylic acids is 1. The van der Waals surface area contributed by atoms with Crippen LogP contribution in [0.1, 0.15) is 62.4 Å². The van der Waals surface area contributed by atoms with Gasteiger partial charge in [0.1, 0.15) is 6.04 Å². The smallest absolute Gasteiger partial charge is 0.326 e. The summed E-state index contributed by atoms with van der Waals surface area (Å²) in [6.45, 7) is 7.71. The summed E-state index contributed by atoms with van der Waals surface area (Å²) in [4.78, 5) is 35.4. The summed E-state index contributed by atoms with van der Waals surface area (Å²) in [7, 11) is 0. The van der Waals surface area contributed by atoms with Gasteiger partial charge >= 0.3 is 5.97 Å². The van der Waals surface area contributed by atoms with Gasteiger partial charge < -0.3 is 15.7 Å². The fourth-order valence-electron chi connectivity index (χ4n) is 2.42. The molecule has 1 aromatic rings. The van der Waals surface area contributed by atoms with E-state index in [-0.39, 0.29) is 11.8 Å². The number of hydrogen-bond acceptors (Lipinski definition) is 3. The van der Waals surface area contributed by atoms with E-state index < -0.39 is 17.9 Å². The number of anilines is 1. The van der Waals surface area contributed by atoms with Crippen LogP contribution < -0.4 is 10.6 Å². The minimum atomic E-state index is -1.03. The maximum Gasteiger partial charge on any atom is 0.326 e. The summed E-state index contributed by atoms with van der Waals surface area (Å²) in [5, 5.41) is 14.6. The first-order valence-corrected chi connectivity index (χ1v) is 8.68. The van der Waals surface area contributed by atoms with Crippen LogP contribution in [0.5, 0.6) is 0 Å². The Morgan fingerprint density at radius 2 is 1.88 bits per heavy atom. The van der Waals surface area contributed by atoms with Gasteiger partial charge in [0, 0.05) is 17.7 Å². The maximum absolute atomic E-state index is 12.3. The molecular weight excluding hydrogens is 320 g/mol. The summed E-state index contributed by atoms with van der Waals surface area (Å²) in [5.74, 6) is -1.26. The molecule has 2 amide bonds. The van der Waals surface area contributed by atoms with Crippen LogP contribution in [0.25, 0.3) is 0 Å². The number of benzene rings is 1. The first-order valence-electron chi connectivity index (χ1n) is 8.68. The predicted octanol–water partition coefficient (Wildman–Crippen LogP) is 3.35. The lowest BCUT2D eigenvalue weighted by Crippen LogP contribution is -2.40. The van der Waals surface area contributed by atoms with Crippen molar-refractivity contribution in [3.8, 4) is 0 Å². The lowest BCUT2D eigenvalue weighted by Gasteiger charge is -2.15. The minimum Gasteiger partial charge on any atom is -0.480 e. The fourth-order valence-corrected chi connectivity index (χ4v) is 2.42. The molecule has 3 N–H and O–H groups in total. The van der Waals surface area contributed by atoms with Gasteiger partial charge in [-0.3, -0.25) is 9.59 Å². The van der Waals surface area contributed by atoms with Crippen molar-refractivity contribution in [1.29, 1.82) is 0 Å². The zero-order chi connectivity index (χ0) is 19.0. The van der Waals surface area contributed by atoms with Crippen molar-refractivity contribution in [2.45, 2.75) is 59.4 Å². The van der Waals surface area contributed by atoms with Gasteiger partial charge in [-0.25, -0.2) is 4.79 Å². The molecule has 0 heterocycles. The molecule has 0 saturated heterocycles. The van der Waals surface area contributed by atoms with E-state index in [1.807, 2.05) is 20.8 Å². The van der Waals surface area contributed by atoms with E-state index >= 15 is 0 Å². The Bertz CT molecular complexity index is 626. The Balaban J connectivity index is 2.79. The number of unbranched alkanes of at least 4 members (excludes halogenated alkanes) is 1. The summed E-state index contributed by atoms with van der Waals surface area (Å²) in [6.07, 6.45) is 2.43. The lowest BCUT2D eigenvalue weighted by atomic mass is 10.1. The van der Waals surface area contributed by atoms with Gasteiger partial charge in [0.15, 0.2) is 0 Å². The van der Waals surface area contributed by atoms with Crippen LogP contribution in [-0.4, -0.2) is 28.9 Å². The third kappa shape index (κ3) is 6.95. The first kappa shape index (κ1) is 20.7. The highest BCUT2D eigenvalue weighted by molar-refractivity contribution is 5.98. The third-order valence-electron chi connectivity index (χ3n) is 3.81. The largest absolute Gasteiger partial charge is 0.480 e. The summed E-state index contributed by atoms with van der Waals surface area (Å²) in [6, 6.07) is 4.02. The Morgan fingerprint density at radius 3 is 2.40 bits per heavy atom. The zero-order valence-corrected chi connectivity index (χ0v) is 15.4. The van der Waals surface area contributed by atoms with Crippen LogP contribution in [0.15, 0.2) is 18.2 Å². The normalized spacial score (nSPS) is 11.9. The highest BCUT2D eigenvalue weighted by atomic mass is 16.4. The molecule has 0 saturated carbocycles. The number of carbonyl (C=O) groups is 3. The van der Waals surface area contributed by atoms with E-state index in [9.17, 15) is 19.5 Å². The fraction of sp³-hybridized carbons (Fsp3) is 0.526. The van der Waals surface area contributed by atoms with Crippen LogP contribution in [0, 0.1) is 12.8 Å². The molecule has 0 bridgehead atoms. The number of amides is 2. The highest BCUT2D eigenvalue weighted by Crippen LogP contribution is 2.18. The number of nitrogens with one attached hydrogen (secondary N) is 2. The maximum atomic E-state index is 12.3. The van der Waals surface area contributed by atoms with Crippen molar-refractivity contribution < 1.29 is 19.5 Å². The molecule has 1 unspecified atom stereocenters. The molecule has 25 heavy (non-hydrogen) atoms. The van der Waals surface area contributed by atoms with Crippen LogP contribution >= 0.6 is 0 Å². The highest BCUT2D eigenvalue weighted by Gasteiger charge is 2.20. The van der Waals surface area contributed by atoms with E-state index in [4.69, 9.17) is 0 Å². The molecule has 6 nitrogen and oxygen atoms in total. The summed E-state index contributed by atoms with van der Waals surface area (Å²) < 4.78 is 0. The Hall–Kier alpha value is -2.37. The van der Waals surface area contributed by atoms with Crippen LogP contribution in [-0.2, 0) is 9.59 Å². The molecular formula is C19H28N2O4. The SMILES string of the molecule is CCCCC(NC(=O)c1ccc(NC(=O)CC(C)C)c(C)c1)C(=O)O. The van der Waals surface area contributed by atoms with Gasteiger partial charge in [-0.1, -0.05) is 33.6 Å². The molecule has 1 aromatic carbocycles. The number of hydrogen-bond donors (Lipinski definition) is 3. The van der Waals surface area contributed by atoms with Gasteiger partial charge in [-0.15, -0.1) is 0 Å². The van der Waals surface area contributed by atoms with Crippen LogP contribution in [0.2, 0.25) is 0 Å². The Morgan fingerprint density at radius 1 is 1.20 bits per heavy atom. The second-order valence-electron chi connectivity index (χ2n) is 6.68. The molecule has 0 spiro atoms. The second-order valence-corrected chi connectivity index (χ2v) is 6.68. The molecule has 0 aromatic heterocycles. The van der Waals surface area contributed by atoms with Crippen molar-refractivity contribution in [2.75, 3.05) is 5.32 Å². The molecule has 0 aliphatic heterocycles. The average Bonchev–Trinajstić information content (AvgIpc) is 2.52. The van der Waals surface area contributed by atoms with Crippen molar-refractivity contribution in [1.82, 2.24) is 5.32 Å². The summed E-state index contributed by atoms with van der Waals surface area (Å²) in [5.41, 5.74) is 1.79. The molecule has 1 atom stereocenters. The van der Waals surface area contributed by atoms with Gasteiger partial charge in [0.05, 0.1) is 0 Å². The monoisotopic (exact) mass is 348 g/mol.